The molecular formula is C38H72BCl2F4P2Ru+. The van der Waals surface area contributed by atoms with Gasteiger partial charge in [0.2, 0.25) is 0 Å². The van der Waals surface area contributed by atoms with Crippen LogP contribution in [0.15, 0.2) is 0 Å². The first-order chi connectivity index (χ1) is 22.4. The number of hydrogen-bond acceptors (Lipinski definition) is 0. The van der Waals surface area contributed by atoms with Gasteiger partial charge in [0.05, 0.1) is 17.0 Å². The summed E-state index contributed by atoms with van der Waals surface area (Å²) in [5.41, 5.74) is 6.67. The van der Waals surface area contributed by atoms with Crippen molar-refractivity contribution in [1.82, 2.24) is 0 Å². The average molecular weight is 850 g/mol. The topological polar surface area (TPSA) is 0 Å². The van der Waals surface area contributed by atoms with E-state index < -0.39 is 28.3 Å². The molecule has 0 amide bonds. The van der Waals surface area contributed by atoms with Gasteiger partial charge in [0, 0.05) is 7.92 Å². The van der Waals surface area contributed by atoms with Crippen LogP contribution < -0.4 is 4.70 Å². The van der Waals surface area contributed by atoms with E-state index in [9.17, 15) is 12.9 Å². The Morgan fingerprint density at radius 3 is 0.875 bits per heavy atom. The van der Waals surface area contributed by atoms with Crippen LogP contribution in [0.3, 0.4) is 0 Å². The molecule has 0 bridgehead atoms. The van der Waals surface area contributed by atoms with Gasteiger partial charge in [-0.2, -0.15) is 0 Å². The number of halogens is 6. The third-order valence-corrected chi connectivity index (χ3v) is 29.2. The fourth-order valence-corrected chi connectivity index (χ4v) is 31.9. The molecule has 0 radical (unpaired) electrons. The Labute approximate surface area is 309 Å². The van der Waals surface area contributed by atoms with Gasteiger partial charge < -0.3 is 4.70 Å². The van der Waals surface area contributed by atoms with Crippen LogP contribution in [0, 0.1) is 0 Å². The zero-order chi connectivity index (χ0) is 32.6. The third-order valence-electron chi connectivity index (χ3n) is 13.1. The van der Waals surface area contributed by atoms with E-state index in [1.807, 2.05) is 0 Å². The van der Waals surface area contributed by atoms with Gasteiger partial charge in [-0.15, -0.1) is 0 Å². The fraction of sp³-hybridized carbons (Fsp3) is 0.974. The molecule has 0 unspecified atom stereocenters. The molecule has 6 aliphatic carbocycles. The fourth-order valence-electron chi connectivity index (χ4n) is 11.1. The molecule has 0 aliphatic heterocycles. The summed E-state index contributed by atoms with van der Waals surface area (Å²) in [6, 6.07) is 0. The summed E-state index contributed by atoms with van der Waals surface area (Å²) in [4.78, 5) is 0. The minimum absolute atomic E-state index is 0. The standard InChI is InChI=1S/C19H34P.C18H33P.CH4.BF3.2ClH.FH.Ru/c1-20(17-11-5-2-6-12-17,18-13-7-3-8-14-18)19-15-9-4-10-16-19;1-4-10-16(11-5-1)19(17-12-6-2-7-13-17)18-14-8-3-9-15-18;;2-1(3)4;;;;/h1,17-19H,2-16H2;16-18H,1-15H2;1H4;;3*1H;/q+1;;;;;;;+2/p-2. The summed E-state index contributed by atoms with van der Waals surface area (Å²) < 4.78 is 31.7. The SMILES string of the molecule is C.C1CCC([PH+](C2CCCCC2)C2CCCCC2)CC1.FB(F)F.[Cl][Ru]([Cl])=[CH][P+](C1CCCCC1)(C1CCCCC1)C1CCCCC1.[F-]. The van der Waals surface area contributed by atoms with Crippen LogP contribution in [-0.4, -0.2) is 45.8 Å². The first-order valence-electron chi connectivity index (χ1n) is 19.9. The van der Waals surface area contributed by atoms with E-state index in [0.29, 0.717) is 0 Å². The van der Waals surface area contributed by atoms with Gasteiger partial charge >= 0.3 is 165 Å². The molecule has 0 N–H and O–H groups in total. The molecule has 0 aromatic heterocycles. The molecule has 0 saturated heterocycles. The van der Waals surface area contributed by atoms with Crippen LogP contribution >= 0.6 is 34.6 Å². The zero-order valence-electron chi connectivity index (χ0n) is 29.4. The van der Waals surface area contributed by atoms with Crippen molar-refractivity contribution in [3.63, 3.8) is 0 Å². The molecule has 0 atom stereocenters. The second-order valence-corrected chi connectivity index (χ2v) is 30.0. The van der Waals surface area contributed by atoms with Crippen LogP contribution in [0.1, 0.15) is 200 Å². The Bertz CT molecular complexity index is 743. The van der Waals surface area contributed by atoms with Crippen molar-refractivity contribution >= 4 is 46.5 Å². The molecule has 286 valence electrons. The maximum Gasteiger partial charge on any atom is -1.00 e. The minimum atomic E-state index is -3.67. The Kier molecular flexibility index (Phi) is 24.5. The quantitative estimate of drug-likeness (QED) is 0.136. The van der Waals surface area contributed by atoms with Gasteiger partial charge in [-0.3, -0.25) is 12.9 Å². The first kappa shape index (κ1) is 45.9. The molecule has 48 heavy (non-hydrogen) atoms. The van der Waals surface area contributed by atoms with E-state index in [1.54, 1.807) is 96.3 Å². The van der Waals surface area contributed by atoms with Crippen LogP contribution in [0.5, 0.6) is 0 Å². The van der Waals surface area contributed by atoms with Gasteiger partial charge in [0.15, 0.2) is 0 Å². The summed E-state index contributed by atoms with van der Waals surface area (Å²) in [5.74, 6) is 0. The van der Waals surface area contributed by atoms with Crippen molar-refractivity contribution in [2.24, 2.45) is 0 Å². The van der Waals surface area contributed by atoms with Crippen molar-refractivity contribution in [1.29, 1.82) is 0 Å². The Balaban J connectivity index is 0.000000293. The summed E-state index contributed by atoms with van der Waals surface area (Å²) in [6.07, 6.45) is 46.0. The molecular weight excluding hydrogens is 777 g/mol. The van der Waals surface area contributed by atoms with Gasteiger partial charge in [-0.1, -0.05) is 26.7 Å². The average Bonchev–Trinajstić information content (AvgIpc) is 3.10. The van der Waals surface area contributed by atoms with Crippen molar-refractivity contribution in [2.75, 3.05) is 0 Å². The van der Waals surface area contributed by atoms with E-state index in [0.717, 1.165) is 17.0 Å². The summed E-state index contributed by atoms with van der Waals surface area (Å²) in [7, 11) is 8.38. The summed E-state index contributed by atoms with van der Waals surface area (Å²) in [6.45, 7) is 0. The van der Waals surface area contributed by atoms with Gasteiger partial charge in [0.25, 0.3) is 0 Å². The van der Waals surface area contributed by atoms with Crippen LogP contribution in [0.4, 0.5) is 12.9 Å². The minimum Gasteiger partial charge on any atom is -1.00 e. The number of hydrogen-bond donors (Lipinski definition) is 0. The van der Waals surface area contributed by atoms with Crippen molar-refractivity contribution < 1.29 is 31.2 Å². The second kappa shape index (κ2) is 25.7. The van der Waals surface area contributed by atoms with Crippen LogP contribution in [-0.2, 0) is 13.5 Å². The Morgan fingerprint density at radius 2 is 0.667 bits per heavy atom. The molecule has 6 aliphatic rings. The molecule has 0 nitrogen and oxygen atoms in total. The maximum atomic E-state index is 9.67. The van der Waals surface area contributed by atoms with Gasteiger partial charge in [0.1, 0.15) is 0 Å². The molecule has 6 saturated carbocycles. The molecule has 10 heteroatoms. The normalized spacial score (nSPS) is 24.9. The smallest absolute Gasteiger partial charge is 1.00 e. The van der Waals surface area contributed by atoms with E-state index in [1.165, 1.54) is 113 Å². The summed E-state index contributed by atoms with van der Waals surface area (Å²) in [5, 5.41) is 0. The largest absolute Gasteiger partial charge is 1.00 e. The zero-order valence-corrected chi connectivity index (χ0v) is 34.5. The predicted octanol–water partition coefficient (Wildman–Crippen LogP) is 12.4. The molecule has 0 aromatic rings. The van der Waals surface area contributed by atoms with E-state index in [4.69, 9.17) is 19.4 Å². The summed E-state index contributed by atoms with van der Waals surface area (Å²) >= 11 is -1.68. The van der Waals surface area contributed by atoms with Gasteiger partial charge in [-0.05, 0) is 77.0 Å². The third kappa shape index (κ3) is 14.5. The van der Waals surface area contributed by atoms with E-state index >= 15 is 0 Å². The van der Waals surface area contributed by atoms with Crippen molar-refractivity contribution in [2.45, 2.75) is 234 Å². The number of rotatable bonds is 7. The maximum absolute atomic E-state index is 9.67. The van der Waals surface area contributed by atoms with Crippen LogP contribution in [0.2, 0.25) is 0 Å². The molecule has 0 heterocycles. The Morgan fingerprint density at radius 1 is 0.458 bits per heavy atom. The van der Waals surface area contributed by atoms with E-state index in [-0.39, 0.29) is 20.1 Å². The van der Waals surface area contributed by atoms with E-state index in [2.05, 4.69) is 4.35 Å². The monoisotopic (exact) mass is 849 g/mol. The molecule has 6 fully saturated rings. The van der Waals surface area contributed by atoms with Crippen LogP contribution in [0.25, 0.3) is 0 Å². The predicted molar refractivity (Wildman–Crippen MR) is 210 cm³/mol. The molecule has 0 aromatic carbocycles. The Hall–Kier alpha value is 1.72. The first-order valence-corrected chi connectivity index (χ1v) is 29.2. The van der Waals surface area contributed by atoms with Crippen molar-refractivity contribution in [3.05, 3.63) is 0 Å². The molecule has 6 rings (SSSR count). The van der Waals surface area contributed by atoms with Crippen molar-refractivity contribution in [3.8, 4) is 0 Å². The molecule has 0 spiro atoms. The second-order valence-electron chi connectivity index (χ2n) is 15.8. The van der Waals surface area contributed by atoms with Gasteiger partial charge in [-0.25, -0.2) is 0 Å².